The van der Waals surface area contributed by atoms with E-state index in [1.54, 1.807) is 0 Å². The van der Waals surface area contributed by atoms with Gasteiger partial charge in [-0.2, -0.15) is 0 Å². The average molecular weight is 325 g/mol. The van der Waals surface area contributed by atoms with E-state index in [-0.39, 0.29) is 6.09 Å². The van der Waals surface area contributed by atoms with E-state index in [0.717, 1.165) is 44.2 Å². The van der Waals surface area contributed by atoms with Crippen molar-refractivity contribution in [1.29, 1.82) is 0 Å². The number of rotatable bonds is 4. The van der Waals surface area contributed by atoms with Crippen LogP contribution in [0.25, 0.3) is 0 Å². The molecule has 4 unspecified atom stereocenters. The molecule has 1 aliphatic heterocycles. The van der Waals surface area contributed by atoms with Crippen molar-refractivity contribution < 1.29 is 9.53 Å². The Morgan fingerprint density at radius 3 is 2.61 bits per heavy atom. The number of hydrogen-bond donors (Lipinski definition) is 1. The van der Waals surface area contributed by atoms with Gasteiger partial charge in [0, 0.05) is 18.6 Å². The molecule has 0 aromatic carbocycles. The monoisotopic (exact) mass is 324 g/mol. The Bertz CT molecular complexity index is 391. The van der Waals surface area contributed by atoms with Crippen LogP contribution in [-0.2, 0) is 4.74 Å². The van der Waals surface area contributed by atoms with Crippen molar-refractivity contribution in [2.75, 3.05) is 13.1 Å². The lowest BCUT2D eigenvalue weighted by molar-refractivity contribution is 0.0219. The molecule has 23 heavy (non-hydrogen) atoms. The lowest BCUT2D eigenvalue weighted by atomic mass is 9.78. The third-order valence-corrected chi connectivity index (χ3v) is 5.60. The molecule has 0 aromatic rings. The summed E-state index contributed by atoms with van der Waals surface area (Å²) < 4.78 is 5.55. The van der Waals surface area contributed by atoms with Crippen LogP contribution >= 0.6 is 0 Å². The van der Waals surface area contributed by atoms with E-state index < -0.39 is 5.60 Å². The fourth-order valence-corrected chi connectivity index (χ4v) is 4.00. The fourth-order valence-electron chi connectivity index (χ4n) is 4.00. The number of carbonyl (C=O) groups is 1. The van der Waals surface area contributed by atoms with Crippen LogP contribution in [0.15, 0.2) is 0 Å². The maximum atomic E-state index is 12.3. The summed E-state index contributed by atoms with van der Waals surface area (Å²) in [6.07, 6.45) is 7.12. The zero-order chi connectivity index (χ0) is 17.0. The molecule has 1 aliphatic carbocycles. The number of hydrogen-bond acceptors (Lipinski definition) is 3. The molecule has 1 amide bonds. The second kappa shape index (κ2) is 7.87. The van der Waals surface area contributed by atoms with Crippen LogP contribution in [0, 0.1) is 11.8 Å². The summed E-state index contributed by atoms with van der Waals surface area (Å²) in [6.45, 7) is 12.4. The molecule has 1 saturated heterocycles. The lowest BCUT2D eigenvalue weighted by Crippen LogP contribution is -2.44. The third-order valence-electron chi connectivity index (χ3n) is 5.60. The van der Waals surface area contributed by atoms with Crippen LogP contribution in [-0.4, -0.2) is 41.8 Å². The second-order valence-corrected chi connectivity index (χ2v) is 8.59. The molecule has 2 fully saturated rings. The first-order chi connectivity index (χ1) is 10.8. The maximum absolute atomic E-state index is 12.3. The van der Waals surface area contributed by atoms with Gasteiger partial charge in [-0.3, -0.25) is 0 Å². The van der Waals surface area contributed by atoms with E-state index >= 15 is 0 Å². The summed E-state index contributed by atoms with van der Waals surface area (Å²) in [5, 5.41) is 3.76. The molecule has 4 atom stereocenters. The number of amides is 1. The SMILES string of the molecule is CC1CCCC(NCCC2CCCN2C(=O)OC(C)(C)C)C1C. The first-order valence-electron chi connectivity index (χ1n) is 9.51. The molecule has 4 heteroatoms. The van der Waals surface area contributed by atoms with Crippen LogP contribution in [0.1, 0.15) is 73.1 Å². The van der Waals surface area contributed by atoms with Crippen molar-refractivity contribution in [3.63, 3.8) is 0 Å². The minimum absolute atomic E-state index is 0.139. The van der Waals surface area contributed by atoms with Crippen LogP contribution in [0.2, 0.25) is 0 Å². The predicted octanol–water partition coefficient (Wildman–Crippen LogP) is 4.19. The highest BCUT2D eigenvalue weighted by molar-refractivity contribution is 5.68. The zero-order valence-electron chi connectivity index (χ0n) is 15.7. The molecule has 0 bridgehead atoms. The van der Waals surface area contributed by atoms with Crippen molar-refractivity contribution in [3.8, 4) is 0 Å². The Morgan fingerprint density at radius 1 is 1.17 bits per heavy atom. The molecular formula is C19H36N2O2. The highest BCUT2D eigenvalue weighted by atomic mass is 16.6. The van der Waals surface area contributed by atoms with Crippen LogP contribution in [0.4, 0.5) is 4.79 Å². The summed E-state index contributed by atoms with van der Waals surface area (Å²) in [6, 6.07) is 0.990. The molecule has 1 saturated carbocycles. The van der Waals surface area contributed by atoms with E-state index in [4.69, 9.17) is 4.74 Å². The minimum Gasteiger partial charge on any atom is -0.444 e. The first kappa shape index (κ1) is 18.6. The van der Waals surface area contributed by atoms with E-state index in [2.05, 4.69) is 19.2 Å². The van der Waals surface area contributed by atoms with Gasteiger partial charge in [0.2, 0.25) is 0 Å². The van der Waals surface area contributed by atoms with E-state index in [1.165, 1.54) is 19.3 Å². The molecule has 0 aromatic heterocycles. The number of carbonyl (C=O) groups excluding carboxylic acids is 1. The van der Waals surface area contributed by atoms with Crippen LogP contribution in [0.5, 0.6) is 0 Å². The van der Waals surface area contributed by atoms with Crippen LogP contribution in [0.3, 0.4) is 0 Å². The summed E-state index contributed by atoms with van der Waals surface area (Å²) in [4.78, 5) is 14.3. The van der Waals surface area contributed by atoms with Gasteiger partial charge in [-0.25, -0.2) is 4.79 Å². The Labute approximate surface area is 142 Å². The number of ether oxygens (including phenoxy) is 1. The molecule has 2 rings (SSSR count). The molecular weight excluding hydrogens is 288 g/mol. The van der Waals surface area contributed by atoms with Gasteiger partial charge in [0.1, 0.15) is 5.60 Å². The smallest absolute Gasteiger partial charge is 0.410 e. The van der Waals surface area contributed by atoms with Gasteiger partial charge in [-0.1, -0.05) is 26.7 Å². The first-order valence-corrected chi connectivity index (χ1v) is 9.51. The summed E-state index contributed by atoms with van der Waals surface area (Å²) in [5.41, 5.74) is -0.407. The Morgan fingerprint density at radius 2 is 1.91 bits per heavy atom. The topological polar surface area (TPSA) is 41.6 Å². The molecule has 134 valence electrons. The number of nitrogens with one attached hydrogen (secondary N) is 1. The standard InChI is InChI=1S/C19H36N2O2/c1-14-8-6-10-17(15(14)2)20-12-11-16-9-7-13-21(16)18(22)23-19(3,4)5/h14-17,20H,6-13H2,1-5H3. The van der Waals surface area contributed by atoms with Crippen molar-refractivity contribution in [2.45, 2.75) is 90.8 Å². The van der Waals surface area contributed by atoms with Crippen molar-refractivity contribution in [3.05, 3.63) is 0 Å². The third kappa shape index (κ3) is 5.37. The fraction of sp³-hybridized carbons (Fsp3) is 0.947. The van der Waals surface area contributed by atoms with Gasteiger partial charge in [0.25, 0.3) is 0 Å². The van der Waals surface area contributed by atoms with E-state index in [1.807, 2.05) is 25.7 Å². The summed E-state index contributed by atoms with van der Waals surface area (Å²) >= 11 is 0. The normalized spacial score (nSPS) is 32.1. The van der Waals surface area contributed by atoms with Crippen molar-refractivity contribution >= 4 is 6.09 Å². The molecule has 1 N–H and O–H groups in total. The lowest BCUT2D eigenvalue weighted by Gasteiger charge is -2.35. The molecule has 2 aliphatic rings. The second-order valence-electron chi connectivity index (χ2n) is 8.59. The summed E-state index contributed by atoms with van der Waals surface area (Å²) in [5.74, 6) is 1.58. The summed E-state index contributed by atoms with van der Waals surface area (Å²) in [7, 11) is 0. The van der Waals surface area contributed by atoms with Crippen molar-refractivity contribution in [2.24, 2.45) is 11.8 Å². The molecule has 1 heterocycles. The molecule has 4 nitrogen and oxygen atoms in total. The van der Waals surface area contributed by atoms with Crippen LogP contribution < -0.4 is 5.32 Å². The highest BCUT2D eigenvalue weighted by Crippen LogP contribution is 2.29. The zero-order valence-corrected chi connectivity index (χ0v) is 15.7. The van der Waals surface area contributed by atoms with Gasteiger partial charge < -0.3 is 15.0 Å². The van der Waals surface area contributed by atoms with Gasteiger partial charge in [0.15, 0.2) is 0 Å². The van der Waals surface area contributed by atoms with Gasteiger partial charge in [-0.05, 0) is 64.8 Å². The van der Waals surface area contributed by atoms with Gasteiger partial charge in [-0.15, -0.1) is 0 Å². The quantitative estimate of drug-likeness (QED) is 0.843. The number of likely N-dealkylation sites (tertiary alicyclic amines) is 1. The Kier molecular flexibility index (Phi) is 6.35. The van der Waals surface area contributed by atoms with Gasteiger partial charge in [0.05, 0.1) is 0 Å². The predicted molar refractivity (Wildman–Crippen MR) is 94.5 cm³/mol. The molecule has 0 radical (unpaired) electrons. The Hall–Kier alpha value is -0.770. The van der Waals surface area contributed by atoms with Crippen molar-refractivity contribution in [1.82, 2.24) is 10.2 Å². The average Bonchev–Trinajstić information content (AvgIpc) is 2.90. The van der Waals surface area contributed by atoms with Gasteiger partial charge >= 0.3 is 6.09 Å². The largest absolute Gasteiger partial charge is 0.444 e. The molecule has 0 spiro atoms. The van der Waals surface area contributed by atoms with E-state index in [0.29, 0.717) is 12.1 Å². The van der Waals surface area contributed by atoms with E-state index in [9.17, 15) is 4.79 Å². The minimum atomic E-state index is -0.407. The number of nitrogens with zero attached hydrogens (tertiary/aromatic N) is 1. The Balaban J connectivity index is 1.77. The highest BCUT2D eigenvalue weighted by Gasteiger charge is 2.32. The maximum Gasteiger partial charge on any atom is 0.410 e.